The number of Topliss-reactive ketones (excluding diaryl/α,β-unsaturated/α-hetero) is 1. The van der Waals surface area contributed by atoms with Gasteiger partial charge in [-0.1, -0.05) is 25.2 Å². The topological polar surface area (TPSA) is 79.0 Å². The van der Waals surface area contributed by atoms with Crippen LogP contribution in [-0.4, -0.2) is 18.7 Å². The van der Waals surface area contributed by atoms with E-state index < -0.39 is 0 Å². The Kier molecular flexibility index (Phi) is 6.23. The van der Waals surface area contributed by atoms with Crippen LogP contribution in [0, 0.1) is 23.2 Å². The van der Waals surface area contributed by atoms with Gasteiger partial charge in [-0.05, 0) is 33.1 Å². The summed E-state index contributed by atoms with van der Waals surface area (Å²) >= 11 is 0. The van der Waals surface area contributed by atoms with Crippen LogP contribution >= 0.6 is 0 Å². The average molecular weight is 287 g/mol. The Hall–Kier alpha value is -2.02. The van der Waals surface area contributed by atoms with Crippen molar-refractivity contribution in [3.63, 3.8) is 0 Å². The van der Waals surface area contributed by atoms with Crippen molar-refractivity contribution in [2.24, 2.45) is 11.7 Å². The van der Waals surface area contributed by atoms with Crippen molar-refractivity contribution in [1.29, 1.82) is 5.41 Å². The molecule has 114 valence electrons. The second-order valence-electron chi connectivity index (χ2n) is 5.37. The molecule has 4 nitrogen and oxygen atoms in total. The third kappa shape index (κ3) is 4.78. The minimum atomic E-state index is -0.103. The number of hydrogen-bond acceptors (Lipinski definition) is 3. The van der Waals surface area contributed by atoms with E-state index in [4.69, 9.17) is 11.1 Å². The Balaban J connectivity index is 3.46. The third-order valence-corrected chi connectivity index (χ3v) is 3.43. The smallest absolute Gasteiger partial charge is 0.161 e. The van der Waals surface area contributed by atoms with Crippen molar-refractivity contribution in [2.45, 2.75) is 46.5 Å². The maximum Gasteiger partial charge on any atom is 0.161 e. The predicted octanol–water partition coefficient (Wildman–Crippen LogP) is 2.51. The van der Waals surface area contributed by atoms with Crippen LogP contribution in [0.4, 0.5) is 0 Å². The molecule has 0 unspecified atom stereocenters. The molecule has 0 aromatic carbocycles. The number of hydrogen-bond donors (Lipinski definition) is 3. The maximum atomic E-state index is 12.1. The number of allylic oxidation sites excluding steroid dienone is 2. The fraction of sp³-hybridized carbons (Fsp3) is 0.529. The lowest BCUT2D eigenvalue weighted by Crippen LogP contribution is -2.23. The predicted molar refractivity (Wildman–Crippen MR) is 86.8 cm³/mol. The van der Waals surface area contributed by atoms with E-state index in [0.29, 0.717) is 17.1 Å². The van der Waals surface area contributed by atoms with E-state index in [9.17, 15) is 4.79 Å². The largest absolute Gasteiger partial charge is 0.391 e. The monoisotopic (exact) mass is 287 g/mol. The quantitative estimate of drug-likeness (QED) is 0.231. The van der Waals surface area contributed by atoms with Crippen LogP contribution in [0.5, 0.6) is 0 Å². The van der Waals surface area contributed by atoms with Crippen LogP contribution in [0.3, 0.4) is 0 Å². The van der Waals surface area contributed by atoms with E-state index >= 15 is 0 Å². The Morgan fingerprint density at radius 2 is 1.95 bits per heavy atom. The van der Waals surface area contributed by atoms with Gasteiger partial charge in [0.15, 0.2) is 5.78 Å². The van der Waals surface area contributed by atoms with Crippen molar-refractivity contribution in [3.8, 4) is 11.8 Å². The average Bonchev–Trinajstić information content (AvgIpc) is 3.23. The molecule has 0 aromatic heterocycles. The van der Waals surface area contributed by atoms with Crippen molar-refractivity contribution < 1.29 is 4.79 Å². The molecule has 0 aromatic rings. The highest BCUT2D eigenvalue weighted by atomic mass is 16.1. The molecule has 0 spiro atoms. The van der Waals surface area contributed by atoms with Crippen LogP contribution < -0.4 is 11.1 Å². The van der Waals surface area contributed by atoms with Gasteiger partial charge in [0.05, 0.1) is 0 Å². The molecule has 0 amide bonds. The summed E-state index contributed by atoms with van der Waals surface area (Å²) in [6.45, 7) is 5.38. The fourth-order valence-electron chi connectivity index (χ4n) is 2.11. The van der Waals surface area contributed by atoms with Crippen molar-refractivity contribution in [1.82, 2.24) is 5.32 Å². The Morgan fingerprint density at radius 1 is 1.33 bits per heavy atom. The first-order chi connectivity index (χ1) is 9.92. The molecule has 0 aliphatic heterocycles. The molecule has 0 heterocycles. The zero-order chi connectivity index (χ0) is 16.0. The zero-order valence-corrected chi connectivity index (χ0v) is 13.4. The first-order valence-electron chi connectivity index (χ1n) is 7.41. The van der Waals surface area contributed by atoms with E-state index in [2.05, 4.69) is 24.1 Å². The molecule has 1 fully saturated rings. The molecule has 4 heteroatoms. The number of carbonyl (C=O) groups excluding carboxylic acids is 1. The lowest BCUT2D eigenvalue weighted by molar-refractivity contribution is -0.113. The van der Waals surface area contributed by atoms with Crippen molar-refractivity contribution >= 4 is 11.6 Å². The minimum absolute atomic E-state index is 0.0941. The van der Waals surface area contributed by atoms with Gasteiger partial charge in [-0.25, -0.2) is 0 Å². The first kappa shape index (κ1) is 17.0. The maximum absolute atomic E-state index is 12.1. The summed E-state index contributed by atoms with van der Waals surface area (Å²) in [5, 5.41) is 10.8. The summed E-state index contributed by atoms with van der Waals surface area (Å²) in [4.78, 5) is 12.1. The van der Waals surface area contributed by atoms with Gasteiger partial charge in [-0.3, -0.25) is 10.2 Å². The molecule has 1 aliphatic carbocycles. The SMILES string of the molecule is CCC/C(C#CC1CC1)=C(C(C)=O)\C(C(=N)N)=C(/C)NC. The standard InChI is InChI=1S/C17H25N3O/c1-5-6-14(10-9-13-7-8-13)16(12(3)21)15(17(18)19)11(2)20-4/h13,20H,5-8H2,1-4H3,(H3,18,19)/b15-11-,16-14+. The molecule has 4 N–H and O–H groups in total. The van der Waals surface area contributed by atoms with Crippen molar-refractivity contribution in [2.75, 3.05) is 7.05 Å². The number of nitrogens with two attached hydrogens (primary N) is 1. The van der Waals surface area contributed by atoms with Crippen LogP contribution in [0.2, 0.25) is 0 Å². The summed E-state index contributed by atoms with van der Waals surface area (Å²) in [5.41, 5.74) is 8.19. The summed E-state index contributed by atoms with van der Waals surface area (Å²) in [5.74, 6) is 6.66. The number of ketones is 1. The Morgan fingerprint density at radius 3 is 2.33 bits per heavy atom. The van der Waals surface area contributed by atoms with E-state index in [-0.39, 0.29) is 11.6 Å². The molecule has 21 heavy (non-hydrogen) atoms. The molecule has 1 aliphatic rings. The van der Waals surface area contributed by atoms with Crippen LogP contribution in [0.15, 0.2) is 22.4 Å². The molecule has 1 rings (SSSR count). The Bertz CT molecular complexity index is 554. The van der Waals surface area contributed by atoms with Gasteiger partial charge in [-0.2, -0.15) is 0 Å². The van der Waals surface area contributed by atoms with Gasteiger partial charge in [0.25, 0.3) is 0 Å². The molecule has 1 saturated carbocycles. The van der Waals surface area contributed by atoms with Crippen LogP contribution in [-0.2, 0) is 4.79 Å². The van der Waals surface area contributed by atoms with Crippen molar-refractivity contribution in [3.05, 3.63) is 22.4 Å². The van der Waals surface area contributed by atoms with E-state index in [1.54, 1.807) is 7.05 Å². The lowest BCUT2D eigenvalue weighted by Gasteiger charge is -2.15. The molecule has 0 radical (unpaired) electrons. The molecule has 0 bridgehead atoms. The highest BCUT2D eigenvalue weighted by Crippen LogP contribution is 2.28. The number of nitrogens with one attached hydrogen (secondary N) is 2. The van der Waals surface area contributed by atoms with Gasteiger partial charge in [0.1, 0.15) is 5.84 Å². The molecule has 0 atom stereocenters. The highest BCUT2D eigenvalue weighted by Gasteiger charge is 2.21. The van der Waals surface area contributed by atoms with Gasteiger partial charge >= 0.3 is 0 Å². The summed E-state index contributed by atoms with van der Waals surface area (Å²) in [6, 6.07) is 0. The van der Waals surface area contributed by atoms with E-state index in [0.717, 1.165) is 37.0 Å². The summed E-state index contributed by atoms with van der Waals surface area (Å²) in [6.07, 6.45) is 3.91. The molecular weight excluding hydrogens is 262 g/mol. The Labute approximate surface area is 127 Å². The number of amidine groups is 1. The highest BCUT2D eigenvalue weighted by molar-refractivity contribution is 6.12. The summed E-state index contributed by atoms with van der Waals surface area (Å²) in [7, 11) is 1.76. The normalized spacial score (nSPS) is 16.2. The first-order valence-corrected chi connectivity index (χ1v) is 7.41. The second-order valence-corrected chi connectivity index (χ2v) is 5.37. The third-order valence-electron chi connectivity index (χ3n) is 3.43. The van der Waals surface area contributed by atoms with Crippen LogP contribution in [0.1, 0.15) is 46.5 Å². The zero-order valence-electron chi connectivity index (χ0n) is 13.4. The minimum Gasteiger partial charge on any atom is -0.391 e. The second kappa shape index (κ2) is 7.68. The molecule has 0 saturated heterocycles. The van der Waals surface area contributed by atoms with E-state index in [1.165, 1.54) is 6.92 Å². The number of carbonyl (C=O) groups is 1. The van der Waals surface area contributed by atoms with Crippen LogP contribution in [0.25, 0.3) is 0 Å². The van der Waals surface area contributed by atoms with E-state index in [1.807, 2.05) is 6.92 Å². The van der Waals surface area contributed by atoms with Gasteiger partial charge in [0, 0.05) is 35.4 Å². The van der Waals surface area contributed by atoms with Gasteiger partial charge in [-0.15, -0.1) is 0 Å². The van der Waals surface area contributed by atoms with Gasteiger partial charge in [0.2, 0.25) is 0 Å². The molecular formula is C17H25N3O. The summed E-state index contributed by atoms with van der Waals surface area (Å²) < 4.78 is 0. The fourth-order valence-corrected chi connectivity index (χ4v) is 2.11. The van der Waals surface area contributed by atoms with Gasteiger partial charge < -0.3 is 11.1 Å². The lowest BCUT2D eigenvalue weighted by atomic mass is 9.92. The number of rotatable bonds is 6.